The third kappa shape index (κ3) is 2.99. The number of para-hydroxylation sites is 1. The van der Waals surface area contributed by atoms with Crippen LogP contribution in [0.1, 0.15) is 30.0 Å². The minimum absolute atomic E-state index is 0.120. The second kappa shape index (κ2) is 5.96. The van der Waals surface area contributed by atoms with Gasteiger partial charge in [-0.25, -0.2) is 0 Å². The van der Waals surface area contributed by atoms with Crippen molar-refractivity contribution in [3.8, 4) is 11.5 Å². The lowest BCUT2D eigenvalue weighted by Gasteiger charge is -2.16. The molecule has 2 aromatic rings. The molecule has 21 heavy (non-hydrogen) atoms. The summed E-state index contributed by atoms with van der Waals surface area (Å²) in [6.07, 6.45) is 0. The van der Waals surface area contributed by atoms with Crippen molar-refractivity contribution >= 4 is 11.6 Å². The Balaban J connectivity index is 1.75. The van der Waals surface area contributed by atoms with E-state index < -0.39 is 0 Å². The van der Waals surface area contributed by atoms with E-state index in [1.54, 1.807) is 0 Å². The van der Waals surface area contributed by atoms with Crippen LogP contribution in [0.5, 0.6) is 11.5 Å². The lowest BCUT2D eigenvalue weighted by Crippen LogP contribution is -2.14. The van der Waals surface area contributed by atoms with E-state index in [4.69, 9.17) is 26.8 Å². The van der Waals surface area contributed by atoms with Crippen LogP contribution in [-0.4, -0.2) is 13.2 Å². The molecule has 0 radical (unpaired) electrons. The lowest BCUT2D eigenvalue weighted by molar-refractivity contribution is 0.246. The fraction of sp³-hybridized carbons (Fsp3) is 0.294. The molecule has 110 valence electrons. The van der Waals surface area contributed by atoms with Crippen molar-refractivity contribution in [2.45, 2.75) is 18.9 Å². The highest BCUT2D eigenvalue weighted by Crippen LogP contribution is 2.35. The third-order valence-electron chi connectivity index (χ3n) is 3.70. The lowest BCUT2D eigenvalue weighted by atomic mass is 10.0. The number of halogens is 1. The van der Waals surface area contributed by atoms with Crippen LogP contribution in [0.4, 0.5) is 0 Å². The number of hydrogen-bond donors (Lipinski definition) is 1. The molecule has 0 fully saturated rings. The Labute approximate surface area is 129 Å². The number of ether oxygens (including phenoxy) is 2. The molecule has 1 aliphatic heterocycles. The second-order valence-corrected chi connectivity index (χ2v) is 5.76. The molecule has 2 N–H and O–H groups in total. The second-order valence-electron chi connectivity index (χ2n) is 5.33. The van der Waals surface area contributed by atoms with Gasteiger partial charge in [0.1, 0.15) is 11.5 Å². The summed E-state index contributed by atoms with van der Waals surface area (Å²) < 4.78 is 11.6. The van der Waals surface area contributed by atoms with E-state index in [1.165, 1.54) is 5.56 Å². The van der Waals surface area contributed by atoms with Gasteiger partial charge in [0.25, 0.3) is 0 Å². The Hall–Kier alpha value is -1.71. The summed E-state index contributed by atoms with van der Waals surface area (Å²) in [5, 5.41) is 0.671. The van der Waals surface area contributed by atoms with Gasteiger partial charge in [0.15, 0.2) is 0 Å². The SMILES string of the molecule is C[C@H](N)c1cc(Cl)ccc1OCC1COc2ccccc21. The quantitative estimate of drug-likeness (QED) is 0.931. The summed E-state index contributed by atoms with van der Waals surface area (Å²) in [6.45, 7) is 3.14. The molecule has 0 spiro atoms. The van der Waals surface area contributed by atoms with E-state index in [9.17, 15) is 0 Å². The Morgan fingerprint density at radius 3 is 2.95 bits per heavy atom. The van der Waals surface area contributed by atoms with Crippen LogP contribution in [-0.2, 0) is 0 Å². The van der Waals surface area contributed by atoms with Crippen molar-refractivity contribution in [1.82, 2.24) is 0 Å². The summed E-state index contributed by atoms with van der Waals surface area (Å²) in [5.41, 5.74) is 8.11. The first-order chi connectivity index (χ1) is 10.1. The molecule has 1 aliphatic rings. The fourth-order valence-electron chi connectivity index (χ4n) is 2.56. The first-order valence-electron chi connectivity index (χ1n) is 7.04. The van der Waals surface area contributed by atoms with Gasteiger partial charge in [0.05, 0.1) is 19.1 Å². The topological polar surface area (TPSA) is 44.5 Å². The maximum atomic E-state index is 6.02. The summed E-state index contributed by atoms with van der Waals surface area (Å²) >= 11 is 6.02. The molecule has 0 aliphatic carbocycles. The zero-order valence-electron chi connectivity index (χ0n) is 11.9. The van der Waals surface area contributed by atoms with E-state index >= 15 is 0 Å². The van der Waals surface area contributed by atoms with Crippen LogP contribution >= 0.6 is 11.6 Å². The Morgan fingerprint density at radius 2 is 2.14 bits per heavy atom. The summed E-state index contributed by atoms with van der Waals surface area (Å²) in [5.74, 6) is 1.99. The summed E-state index contributed by atoms with van der Waals surface area (Å²) in [6, 6.07) is 13.5. The standard InChI is InChI=1S/C17H18ClNO2/c1-11(19)15-8-13(18)6-7-17(15)21-10-12-9-20-16-5-3-2-4-14(12)16/h2-8,11-12H,9-10,19H2,1H3/t11-,12?/m0/s1. The molecule has 0 amide bonds. The van der Waals surface area contributed by atoms with Crippen molar-refractivity contribution in [3.05, 3.63) is 58.6 Å². The average molecular weight is 304 g/mol. The number of hydrogen-bond acceptors (Lipinski definition) is 3. The first-order valence-corrected chi connectivity index (χ1v) is 7.42. The molecule has 3 rings (SSSR count). The molecule has 1 heterocycles. The van der Waals surface area contributed by atoms with E-state index in [0.717, 1.165) is 17.1 Å². The molecular formula is C17H18ClNO2. The minimum atomic E-state index is -0.120. The Morgan fingerprint density at radius 1 is 1.33 bits per heavy atom. The minimum Gasteiger partial charge on any atom is -0.493 e. The largest absolute Gasteiger partial charge is 0.493 e. The van der Waals surface area contributed by atoms with Crippen molar-refractivity contribution in [2.24, 2.45) is 5.73 Å². The average Bonchev–Trinajstić information content (AvgIpc) is 2.89. The van der Waals surface area contributed by atoms with E-state index in [-0.39, 0.29) is 12.0 Å². The molecule has 3 nitrogen and oxygen atoms in total. The van der Waals surface area contributed by atoms with Gasteiger partial charge in [0, 0.05) is 22.2 Å². The highest BCUT2D eigenvalue weighted by molar-refractivity contribution is 6.30. The molecule has 2 atom stereocenters. The van der Waals surface area contributed by atoms with E-state index in [2.05, 4.69) is 6.07 Å². The molecule has 0 bridgehead atoms. The molecular weight excluding hydrogens is 286 g/mol. The summed E-state index contributed by atoms with van der Waals surface area (Å²) in [4.78, 5) is 0. The number of fused-ring (bicyclic) bond motifs is 1. The van der Waals surface area contributed by atoms with Crippen LogP contribution in [0.15, 0.2) is 42.5 Å². The first kappa shape index (κ1) is 14.2. The predicted octanol–water partition coefficient (Wildman–Crippen LogP) is 3.91. The molecule has 0 aromatic heterocycles. The van der Waals surface area contributed by atoms with Gasteiger partial charge in [0.2, 0.25) is 0 Å². The van der Waals surface area contributed by atoms with Crippen molar-refractivity contribution in [1.29, 1.82) is 0 Å². The molecule has 4 heteroatoms. The zero-order chi connectivity index (χ0) is 14.8. The number of benzene rings is 2. The molecule has 1 unspecified atom stereocenters. The zero-order valence-corrected chi connectivity index (χ0v) is 12.6. The highest BCUT2D eigenvalue weighted by atomic mass is 35.5. The smallest absolute Gasteiger partial charge is 0.124 e. The Bertz CT molecular complexity index is 642. The normalized spacial score (nSPS) is 18.0. The van der Waals surface area contributed by atoms with Gasteiger partial charge >= 0.3 is 0 Å². The van der Waals surface area contributed by atoms with Gasteiger partial charge in [-0.1, -0.05) is 29.8 Å². The number of rotatable bonds is 4. The fourth-order valence-corrected chi connectivity index (χ4v) is 2.74. The van der Waals surface area contributed by atoms with Crippen molar-refractivity contribution in [3.63, 3.8) is 0 Å². The maximum Gasteiger partial charge on any atom is 0.124 e. The van der Waals surface area contributed by atoms with Gasteiger partial charge in [-0.05, 0) is 31.2 Å². The van der Waals surface area contributed by atoms with Crippen LogP contribution in [0, 0.1) is 0 Å². The van der Waals surface area contributed by atoms with Crippen LogP contribution < -0.4 is 15.2 Å². The summed E-state index contributed by atoms with van der Waals surface area (Å²) in [7, 11) is 0. The van der Waals surface area contributed by atoms with Gasteiger partial charge in [-0.3, -0.25) is 0 Å². The third-order valence-corrected chi connectivity index (χ3v) is 3.94. The monoisotopic (exact) mass is 303 g/mol. The van der Waals surface area contributed by atoms with Gasteiger partial charge in [-0.15, -0.1) is 0 Å². The predicted molar refractivity (Wildman–Crippen MR) is 84.2 cm³/mol. The van der Waals surface area contributed by atoms with Crippen molar-refractivity contribution < 1.29 is 9.47 Å². The number of nitrogens with two attached hydrogens (primary N) is 1. The Kier molecular flexibility index (Phi) is 4.04. The van der Waals surface area contributed by atoms with Crippen LogP contribution in [0.3, 0.4) is 0 Å². The molecule has 2 aromatic carbocycles. The molecule has 0 saturated heterocycles. The van der Waals surface area contributed by atoms with Gasteiger partial charge < -0.3 is 15.2 Å². The van der Waals surface area contributed by atoms with Crippen molar-refractivity contribution in [2.75, 3.05) is 13.2 Å². The maximum absolute atomic E-state index is 6.02. The van der Waals surface area contributed by atoms with E-state index in [1.807, 2.05) is 43.3 Å². The van der Waals surface area contributed by atoms with E-state index in [0.29, 0.717) is 18.2 Å². The molecule has 0 saturated carbocycles. The van der Waals surface area contributed by atoms with Crippen LogP contribution in [0.25, 0.3) is 0 Å². The highest BCUT2D eigenvalue weighted by Gasteiger charge is 2.24. The van der Waals surface area contributed by atoms with Gasteiger partial charge in [-0.2, -0.15) is 0 Å². The van der Waals surface area contributed by atoms with Crippen LogP contribution in [0.2, 0.25) is 5.02 Å².